The molecule has 1 saturated carbocycles. The van der Waals surface area contributed by atoms with E-state index in [9.17, 15) is 22.8 Å². The maximum absolute atomic E-state index is 12.7. The summed E-state index contributed by atoms with van der Waals surface area (Å²) in [5.41, 5.74) is 4.88. The highest BCUT2D eigenvalue weighted by atomic mass is 19.4. The van der Waals surface area contributed by atoms with E-state index in [0.717, 1.165) is 31.0 Å². The second-order valence-corrected chi connectivity index (χ2v) is 6.72. The van der Waals surface area contributed by atoms with Gasteiger partial charge in [-0.15, -0.1) is 0 Å². The van der Waals surface area contributed by atoms with Gasteiger partial charge in [0, 0.05) is 30.7 Å². The van der Waals surface area contributed by atoms with Crippen molar-refractivity contribution in [3.05, 3.63) is 35.4 Å². The summed E-state index contributed by atoms with van der Waals surface area (Å²) in [6, 6.07) is 4.01. The van der Waals surface area contributed by atoms with Crippen molar-refractivity contribution in [3.8, 4) is 0 Å². The van der Waals surface area contributed by atoms with Gasteiger partial charge in [0.25, 0.3) is 5.91 Å². The average Bonchev–Trinajstić information content (AvgIpc) is 2.61. The Bertz CT molecular complexity index is 667. The lowest BCUT2D eigenvalue weighted by atomic mass is 9.82. The molecule has 27 heavy (non-hydrogen) atoms. The van der Waals surface area contributed by atoms with Crippen LogP contribution in [0.4, 0.5) is 13.2 Å². The molecule has 6 nitrogen and oxygen atoms in total. The van der Waals surface area contributed by atoms with Crippen molar-refractivity contribution in [2.45, 2.75) is 37.5 Å². The van der Waals surface area contributed by atoms with Crippen molar-refractivity contribution in [2.75, 3.05) is 20.3 Å². The summed E-state index contributed by atoms with van der Waals surface area (Å²) in [4.78, 5) is 24.2. The molecule has 0 radical (unpaired) electrons. The average molecular weight is 387 g/mol. The molecule has 2 amide bonds. The molecule has 4 N–H and O–H groups in total. The maximum atomic E-state index is 12.7. The van der Waals surface area contributed by atoms with E-state index in [-0.39, 0.29) is 30.1 Å². The number of nitrogens with one attached hydrogen (secondary N) is 2. The van der Waals surface area contributed by atoms with E-state index in [0.29, 0.717) is 13.0 Å². The van der Waals surface area contributed by atoms with Crippen molar-refractivity contribution < 1.29 is 27.5 Å². The number of carbonyl (C=O) groups excluding carboxylic acids is 2. The molecule has 3 atom stereocenters. The highest BCUT2D eigenvalue weighted by molar-refractivity contribution is 5.96. The first kappa shape index (κ1) is 21.2. The fourth-order valence-electron chi connectivity index (χ4n) is 3.25. The quantitative estimate of drug-likeness (QED) is 0.693. The summed E-state index contributed by atoms with van der Waals surface area (Å²) in [6.45, 7) is 0.145. The zero-order chi connectivity index (χ0) is 20.0. The summed E-state index contributed by atoms with van der Waals surface area (Å²) in [5.74, 6) is -1.06. The maximum Gasteiger partial charge on any atom is 0.416 e. The lowest BCUT2D eigenvalue weighted by Gasteiger charge is -2.34. The van der Waals surface area contributed by atoms with Crippen molar-refractivity contribution >= 4 is 11.8 Å². The second kappa shape index (κ2) is 9.18. The Morgan fingerprint density at radius 3 is 2.70 bits per heavy atom. The zero-order valence-corrected chi connectivity index (χ0v) is 15.0. The first-order valence-electron chi connectivity index (χ1n) is 8.70. The number of carbonyl (C=O) groups is 2. The number of rotatable bonds is 6. The Hall–Kier alpha value is -2.13. The number of methoxy groups -OCH3 is 1. The minimum atomic E-state index is -4.54. The van der Waals surface area contributed by atoms with Crippen LogP contribution in [0.25, 0.3) is 0 Å². The molecule has 150 valence electrons. The van der Waals surface area contributed by atoms with E-state index in [1.807, 2.05) is 0 Å². The summed E-state index contributed by atoms with van der Waals surface area (Å²) >= 11 is 0. The molecule has 0 heterocycles. The van der Waals surface area contributed by atoms with Gasteiger partial charge in [-0.05, 0) is 37.5 Å². The zero-order valence-electron chi connectivity index (χ0n) is 15.0. The van der Waals surface area contributed by atoms with E-state index >= 15 is 0 Å². The van der Waals surface area contributed by atoms with Crippen molar-refractivity contribution in [2.24, 2.45) is 11.7 Å². The topological polar surface area (TPSA) is 93.4 Å². The molecule has 0 spiro atoms. The van der Waals surface area contributed by atoms with Crippen LogP contribution in [0, 0.1) is 5.92 Å². The van der Waals surface area contributed by atoms with Gasteiger partial charge in [0.15, 0.2) is 0 Å². The van der Waals surface area contributed by atoms with Gasteiger partial charge in [-0.3, -0.25) is 9.59 Å². The SMILES string of the molecule is COC[C@@H]1C[C@H](N)CC[C@@H]1NC(=O)CNC(=O)c1cccc(C(F)(F)F)c1. The van der Waals surface area contributed by atoms with Gasteiger partial charge >= 0.3 is 6.18 Å². The van der Waals surface area contributed by atoms with E-state index < -0.39 is 23.6 Å². The Morgan fingerprint density at radius 2 is 2.04 bits per heavy atom. The first-order chi connectivity index (χ1) is 12.7. The highest BCUT2D eigenvalue weighted by Gasteiger charge is 2.31. The number of amides is 2. The van der Waals surface area contributed by atoms with Crippen LogP contribution in [0.1, 0.15) is 35.2 Å². The Morgan fingerprint density at radius 1 is 1.30 bits per heavy atom. The summed E-state index contributed by atoms with van der Waals surface area (Å²) < 4.78 is 43.3. The minimum Gasteiger partial charge on any atom is -0.384 e. The van der Waals surface area contributed by atoms with Crippen LogP contribution >= 0.6 is 0 Å². The molecule has 0 aliphatic heterocycles. The number of benzene rings is 1. The lowest BCUT2D eigenvalue weighted by Crippen LogP contribution is -2.50. The van der Waals surface area contributed by atoms with Gasteiger partial charge < -0.3 is 21.1 Å². The number of alkyl halides is 3. The largest absolute Gasteiger partial charge is 0.416 e. The van der Waals surface area contributed by atoms with Crippen molar-refractivity contribution in [1.82, 2.24) is 10.6 Å². The second-order valence-electron chi connectivity index (χ2n) is 6.72. The van der Waals surface area contributed by atoms with Gasteiger partial charge in [0.05, 0.1) is 18.7 Å². The molecule has 1 aromatic carbocycles. The number of nitrogens with two attached hydrogens (primary N) is 1. The van der Waals surface area contributed by atoms with Crippen LogP contribution in [-0.4, -0.2) is 44.2 Å². The summed E-state index contributed by atoms with van der Waals surface area (Å²) in [7, 11) is 1.58. The van der Waals surface area contributed by atoms with Crippen LogP contribution < -0.4 is 16.4 Å². The highest BCUT2D eigenvalue weighted by Crippen LogP contribution is 2.29. The van der Waals surface area contributed by atoms with E-state index in [4.69, 9.17) is 10.5 Å². The van der Waals surface area contributed by atoms with Crippen LogP contribution in [0.2, 0.25) is 0 Å². The van der Waals surface area contributed by atoms with Crippen LogP contribution in [0.3, 0.4) is 0 Å². The molecular weight excluding hydrogens is 363 g/mol. The molecule has 0 unspecified atom stereocenters. The molecule has 1 aliphatic carbocycles. The molecular formula is C18H24F3N3O3. The van der Waals surface area contributed by atoms with Crippen molar-refractivity contribution in [3.63, 3.8) is 0 Å². The number of halogens is 3. The van der Waals surface area contributed by atoms with Gasteiger partial charge in [-0.2, -0.15) is 13.2 Å². The fourth-order valence-corrected chi connectivity index (χ4v) is 3.25. The third-order valence-electron chi connectivity index (χ3n) is 4.61. The molecule has 2 rings (SSSR count). The monoisotopic (exact) mass is 387 g/mol. The molecule has 9 heteroatoms. The molecule has 0 bridgehead atoms. The predicted octanol–water partition coefficient (Wildman–Crippen LogP) is 1.69. The van der Waals surface area contributed by atoms with E-state index in [1.54, 1.807) is 7.11 Å². The molecule has 1 fully saturated rings. The normalized spacial score (nSPS) is 22.9. The fraction of sp³-hybridized carbons (Fsp3) is 0.556. The van der Waals surface area contributed by atoms with Gasteiger partial charge in [0.2, 0.25) is 5.91 Å². The molecule has 1 aliphatic rings. The van der Waals surface area contributed by atoms with Crippen LogP contribution in [0.5, 0.6) is 0 Å². The lowest BCUT2D eigenvalue weighted by molar-refractivity contribution is -0.137. The number of ether oxygens (including phenoxy) is 1. The summed E-state index contributed by atoms with van der Waals surface area (Å²) in [6.07, 6.45) is -2.31. The van der Waals surface area contributed by atoms with Gasteiger partial charge in [0.1, 0.15) is 0 Å². The Kier molecular flexibility index (Phi) is 7.20. The van der Waals surface area contributed by atoms with Crippen LogP contribution in [-0.2, 0) is 15.7 Å². The van der Waals surface area contributed by atoms with E-state index in [1.165, 1.54) is 6.07 Å². The number of hydrogen-bond donors (Lipinski definition) is 3. The van der Waals surface area contributed by atoms with Crippen molar-refractivity contribution in [1.29, 1.82) is 0 Å². The Balaban J connectivity index is 1.88. The van der Waals surface area contributed by atoms with E-state index in [2.05, 4.69) is 10.6 Å². The minimum absolute atomic E-state index is 0.0684. The first-order valence-corrected chi connectivity index (χ1v) is 8.70. The Labute approximate surface area is 155 Å². The van der Waals surface area contributed by atoms with Crippen LogP contribution in [0.15, 0.2) is 24.3 Å². The third kappa shape index (κ3) is 6.21. The molecule has 0 saturated heterocycles. The smallest absolute Gasteiger partial charge is 0.384 e. The number of hydrogen-bond acceptors (Lipinski definition) is 4. The predicted molar refractivity (Wildman–Crippen MR) is 92.9 cm³/mol. The molecule has 1 aromatic rings. The molecule has 0 aromatic heterocycles. The standard InChI is InChI=1S/C18H24F3N3O3/c1-27-10-12-8-14(22)5-6-15(12)24-16(25)9-23-17(26)11-3-2-4-13(7-11)18(19,20)21/h2-4,7,12,14-15H,5-6,8-10,22H2,1H3,(H,23,26)(H,24,25)/t12-,14+,15-/m0/s1. The van der Waals surface area contributed by atoms with Gasteiger partial charge in [-0.1, -0.05) is 6.07 Å². The third-order valence-corrected chi connectivity index (χ3v) is 4.61. The summed E-state index contributed by atoms with van der Waals surface area (Å²) in [5, 5.41) is 5.20. The van der Waals surface area contributed by atoms with Gasteiger partial charge in [-0.25, -0.2) is 0 Å².